The number of fused-ring (bicyclic) bond motifs is 1. The second kappa shape index (κ2) is 5.49. The van der Waals surface area contributed by atoms with Gasteiger partial charge in [0.25, 0.3) is 5.91 Å². The summed E-state index contributed by atoms with van der Waals surface area (Å²) in [7, 11) is 0. The first-order valence-corrected chi connectivity index (χ1v) is 7.32. The van der Waals surface area contributed by atoms with Gasteiger partial charge in [0.1, 0.15) is 0 Å². The van der Waals surface area contributed by atoms with E-state index in [1.54, 1.807) is 18.5 Å². The van der Waals surface area contributed by atoms with E-state index in [1.165, 1.54) is 11.3 Å². The molecule has 0 aliphatic rings. The molecule has 0 saturated carbocycles. The van der Waals surface area contributed by atoms with E-state index in [1.807, 2.05) is 31.2 Å². The highest BCUT2D eigenvalue weighted by Crippen LogP contribution is 2.24. The molecule has 1 aromatic carbocycles. The lowest BCUT2D eigenvalue weighted by atomic mass is 10.1. The van der Waals surface area contributed by atoms with Crippen LogP contribution in [0.25, 0.3) is 10.2 Å². The molecule has 6 heteroatoms. The van der Waals surface area contributed by atoms with Crippen molar-refractivity contribution in [2.24, 2.45) is 0 Å². The molecular formula is C15H14N4OS. The highest BCUT2D eigenvalue weighted by molar-refractivity contribution is 7.22. The Hall–Kier alpha value is -2.47. The van der Waals surface area contributed by atoms with E-state index in [0.29, 0.717) is 10.7 Å². The van der Waals surface area contributed by atoms with Gasteiger partial charge in [-0.1, -0.05) is 17.4 Å². The molecule has 1 atom stereocenters. The standard InChI is InChI=1S/C15H14N4OS/c1-9(11-3-2-6-17-8-11)18-14(20)10-4-5-12-13(7-10)21-15(16)19-12/h2-9H,1H3,(H2,16,19)(H,18,20)/t9-/m1/s1. The number of nitrogens with two attached hydrogens (primary N) is 1. The minimum absolute atomic E-state index is 0.103. The van der Waals surface area contributed by atoms with Crippen molar-refractivity contribution < 1.29 is 4.79 Å². The van der Waals surface area contributed by atoms with Crippen LogP contribution < -0.4 is 11.1 Å². The number of thiazole rings is 1. The maximum atomic E-state index is 12.3. The van der Waals surface area contributed by atoms with E-state index in [4.69, 9.17) is 5.73 Å². The van der Waals surface area contributed by atoms with Crippen LogP contribution in [0.2, 0.25) is 0 Å². The monoisotopic (exact) mass is 298 g/mol. The fourth-order valence-corrected chi connectivity index (χ4v) is 2.85. The zero-order chi connectivity index (χ0) is 14.8. The summed E-state index contributed by atoms with van der Waals surface area (Å²) in [6.45, 7) is 1.93. The number of pyridine rings is 1. The lowest BCUT2D eigenvalue weighted by molar-refractivity contribution is 0.0940. The van der Waals surface area contributed by atoms with Crippen molar-refractivity contribution in [3.05, 3.63) is 53.9 Å². The van der Waals surface area contributed by atoms with Crippen LogP contribution >= 0.6 is 11.3 Å². The van der Waals surface area contributed by atoms with Crippen LogP contribution in [0.5, 0.6) is 0 Å². The number of hydrogen-bond donors (Lipinski definition) is 2. The van der Waals surface area contributed by atoms with E-state index in [0.717, 1.165) is 15.8 Å². The van der Waals surface area contributed by atoms with E-state index in [9.17, 15) is 4.79 Å². The largest absolute Gasteiger partial charge is 0.375 e. The molecule has 2 aromatic heterocycles. The van der Waals surface area contributed by atoms with Crippen molar-refractivity contribution in [2.45, 2.75) is 13.0 Å². The fraction of sp³-hybridized carbons (Fsp3) is 0.133. The summed E-state index contributed by atoms with van der Waals surface area (Å²) in [5.41, 5.74) is 8.05. The minimum atomic E-state index is -0.125. The Morgan fingerprint density at radius 3 is 3.00 bits per heavy atom. The van der Waals surface area contributed by atoms with Crippen LogP contribution in [-0.2, 0) is 0 Å². The first-order valence-electron chi connectivity index (χ1n) is 6.50. The molecule has 0 aliphatic carbocycles. The summed E-state index contributed by atoms with van der Waals surface area (Å²) < 4.78 is 0.911. The van der Waals surface area contributed by atoms with Crippen LogP contribution in [0.3, 0.4) is 0 Å². The quantitative estimate of drug-likeness (QED) is 0.779. The van der Waals surface area contributed by atoms with Gasteiger partial charge in [-0.2, -0.15) is 0 Å². The van der Waals surface area contributed by atoms with Crippen molar-refractivity contribution in [1.82, 2.24) is 15.3 Å². The maximum Gasteiger partial charge on any atom is 0.251 e. The Morgan fingerprint density at radius 1 is 1.38 bits per heavy atom. The molecule has 3 rings (SSSR count). The number of benzene rings is 1. The van der Waals surface area contributed by atoms with Gasteiger partial charge in [0.15, 0.2) is 5.13 Å². The van der Waals surface area contributed by atoms with Crippen molar-refractivity contribution >= 4 is 32.6 Å². The number of amides is 1. The van der Waals surface area contributed by atoms with Gasteiger partial charge in [-0.25, -0.2) is 4.98 Å². The zero-order valence-electron chi connectivity index (χ0n) is 11.4. The fourth-order valence-electron chi connectivity index (χ4n) is 2.08. The molecule has 3 N–H and O–H groups in total. The predicted molar refractivity (Wildman–Crippen MR) is 84.2 cm³/mol. The van der Waals surface area contributed by atoms with E-state index in [2.05, 4.69) is 15.3 Å². The number of carbonyl (C=O) groups is 1. The first kappa shape index (κ1) is 13.5. The molecule has 3 aromatic rings. The molecule has 106 valence electrons. The number of hydrogen-bond acceptors (Lipinski definition) is 5. The predicted octanol–water partition coefficient (Wildman–Crippen LogP) is 2.76. The minimum Gasteiger partial charge on any atom is -0.375 e. The molecule has 0 bridgehead atoms. The van der Waals surface area contributed by atoms with Crippen LogP contribution in [0.15, 0.2) is 42.7 Å². The summed E-state index contributed by atoms with van der Waals surface area (Å²) in [6, 6.07) is 9.07. The third-order valence-electron chi connectivity index (χ3n) is 3.20. The summed E-state index contributed by atoms with van der Waals surface area (Å²) in [4.78, 5) is 20.5. The number of nitrogens with zero attached hydrogens (tertiary/aromatic N) is 2. The number of nitrogen functional groups attached to an aromatic ring is 1. The van der Waals surface area contributed by atoms with Crippen LogP contribution in [-0.4, -0.2) is 15.9 Å². The van der Waals surface area contributed by atoms with Crippen LogP contribution in [0, 0.1) is 0 Å². The molecule has 0 fully saturated rings. The average molecular weight is 298 g/mol. The SMILES string of the molecule is C[C@@H](NC(=O)c1ccc2nc(N)sc2c1)c1cccnc1. The third kappa shape index (κ3) is 2.85. The van der Waals surface area contributed by atoms with Gasteiger partial charge in [0.2, 0.25) is 0 Å². The molecule has 0 unspecified atom stereocenters. The van der Waals surface area contributed by atoms with E-state index >= 15 is 0 Å². The van der Waals surface area contributed by atoms with Crippen molar-refractivity contribution in [2.75, 3.05) is 5.73 Å². The highest BCUT2D eigenvalue weighted by Gasteiger charge is 2.12. The molecule has 0 spiro atoms. The van der Waals surface area contributed by atoms with Gasteiger partial charge in [-0.15, -0.1) is 0 Å². The first-order chi connectivity index (χ1) is 10.1. The number of carbonyl (C=O) groups excluding carboxylic acids is 1. The summed E-state index contributed by atoms with van der Waals surface area (Å²) >= 11 is 1.38. The second-order valence-corrected chi connectivity index (χ2v) is 5.78. The molecule has 5 nitrogen and oxygen atoms in total. The smallest absolute Gasteiger partial charge is 0.251 e. The summed E-state index contributed by atoms with van der Waals surface area (Å²) in [6.07, 6.45) is 3.46. The van der Waals surface area contributed by atoms with Crippen molar-refractivity contribution in [3.8, 4) is 0 Å². The molecule has 0 radical (unpaired) electrons. The molecule has 0 saturated heterocycles. The Labute approximate surface area is 125 Å². The molecular weight excluding hydrogens is 284 g/mol. The average Bonchev–Trinajstić information content (AvgIpc) is 2.87. The Kier molecular flexibility index (Phi) is 3.53. The van der Waals surface area contributed by atoms with Gasteiger partial charge in [-0.05, 0) is 36.8 Å². The Bertz CT molecular complexity index is 785. The lowest BCUT2D eigenvalue weighted by Gasteiger charge is -2.13. The number of aromatic nitrogens is 2. The normalized spacial score (nSPS) is 12.2. The van der Waals surface area contributed by atoms with E-state index in [-0.39, 0.29) is 11.9 Å². The Morgan fingerprint density at radius 2 is 2.24 bits per heavy atom. The highest BCUT2D eigenvalue weighted by atomic mass is 32.1. The van der Waals surface area contributed by atoms with Crippen molar-refractivity contribution in [1.29, 1.82) is 0 Å². The molecule has 0 aliphatic heterocycles. The second-order valence-electron chi connectivity index (χ2n) is 4.72. The van der Waals surface area contributed by atoms with E-state index < -0.39 is 0 Å². The Balaban J connectivity index is 1.80. The van der Waals surface area contributed by atoms with Gasteiger partial charge in [0.05, 0.1) is 16.3 Å². The zero-order valence-corrected chi connectivity index (χ0v) is 12.2. The number of rotatable bonds is 3. The number of nitrogens with one attached hydrogen (secondary N) is 1. The maximum absolute atomic E-state index is 12.3. The molecule has 2 heterocycles. The van der Waals surface area contributed by atoms with Crippen LogP contribution in [0.4, 0.5) is 5.13 Å². The topological polar surface area (TPSA) is 80.9 Å². The van der Waals surface area contributed by atoms with Crippen LogP contribution in [0.1, 0.15) is 28.9 Å². The van der Waals surface area contributed by atoms with Gasteiger partial charge in [0, 0.05) is 18.0 Å². The summed E-state index contributed by atoms with van der Waals surface area (Å²) in [5, 5.41) is 3.46. The lowest BCUT2D eigenvalue weighted by Crippen LogP contribution is -2.26. The third-order valence-corrected chi connectivity index (χ3v) is 4.05. The number of anilines is 1. The molecule has 1 amide bonds. The van der Waals surface area contributed by atoms with Crippen molar-refractivity contribution in [3.63, 3.8) is 0 Å². The van der Waals surface area contributed by atoms with Gasteiger partial charge >= 0.3 is 0 Å². The van der Waals surface area contributed by atoms with Gasteiger partial charge < -0.3 is 11.1 Å². The molecule has 21 heavy (non-hydrogen) atoms. The van der Waals surface area contributed by atoms with Gasteiger partial charge in [-0.3, -0.25) is 9.78 Å². The summed E-state index contributed by atoms with van der Waals surface area (Å²) in [5.74, 6) is -0.125.